The molecule has 0 bridgehead atoms. The van der Waals surface area contributed by atoms with Gasteiger partial charge in [-0.1, -0.05) is 0 Å². The van der Waals surface area contributed by atoms with E-state index in [4.69, 9.17) is 15.6 Å². The summed E-state index contributed by atoms with van der Waals surface area (Å²) in [6.45, 7) is 0.296. The predicted molar refractivity (Wildman–Crippen MR) is 64.5 cm³/mol. The summed E-state index contributed by atoms with van der Waals surface area (Å²) in [6.07, 6.45) is 1.62. The fourth-order valence-electron chi connectivity index (χ4n) is 1.42. The van der Waals surface area contributed by atoms with Crippen molar-refractivity contribution in [3.8, 4) is 17.0 Å². The molecule has 2 aromatic rings. The second kappa shape index (κ2) is 5.27. The van der Waals surface area contributed by atoms with E-state index in [1.54, 1.807) is 12.3 Å². The predicted octanol–water partition coefficient (Wildman–Crippen LogP) is 1.10. The van der Waals surface area contributed by atoms with Gasteiger partial charge in [0.2, 0.25) is 5.95 Å². The number of hydrogen-bond donors (Lipinski definition) is 2. The molecular formula is C12H13N3O2. The van der Waals surface area contributed by atoms with Gasteiger partial charge in [0.25, 0.3) is 0 Å². The summed E-state index contributed by atoms with van der Waals surface area (Å²) in [4.78, 5) is 7.96. The number of aromatic nitrogens is 2. The second-order valence-electron chi connectivity index (χ2n) is 3.40. The summed E-state index contributed by atoms with van der Waals surface area (Å²) in [5.74, 6) is 0.966. The molecule has 3 N–H and O–H groups in total. The molecule has 88 valence electrons. The molecule has 0 amide bonds. The number of aliphatic hydroxyl groups is 1. The SMILES string of the molecule is Nc1nccc(-c2ccc(OCCO)cc2)n1. The summed E-state index contributed by atoms with van der Waals surface area (Å²) in [5, 5.41) is 8.63. The molecule has 0 saturated heterocycles. The van der Waals surface area contributed by atoms with E-state index in [9.17, 15) is 0 Å². The molecule has 1 heterocycles. The molecule has 0 unspecified atom stereocenters. The third-order valence-electron chi connectivity index (χ3n) is 2.18. The van der Waals surface area contributed by atoms with Crippen LogP contribution in [0.1, 0.15) is 0 Å². The molecule has 0 aliphatic rings. The Balaban J connectivity index is 2.17. The van der Waals surface area contributed by atoms with E-state index in [-0.39, 0.29) is 12.6 Å². The molecule has 1 aromatic carbocycles. The molecule has 0 radical (unpaired) electrons. The van der Waals surface area contributed by atoms with E-state index in [2.05, 4.69) is 9.97 Å². The first-order valence-electron chi connectivity index (χ1n) is 5.22. The maximum absolute atomic E-state index is 8.63. The fourth-order valence-corrected chi connectivity index (χ4v) is 1.42. The molecule has 0 aliphatic heterocycles. The minimum atomic E-state index is 0.00416. The van der Waals surface area contributed by atoms with Crippen LogP contribution in [0.5, 0.6) is 5.75 Å². The lowest BCUT2D eigenvalue weighted by Crippen LogP contribution is -2.01. The van der Waals surface area contributed by atoms with Crippen LogP contribution in [0.3, 0.4) is 0 Å². The highest BCUT2D eigenvalue weighted by Crippen LogP contribution is 2.20. The van der Waals surface area contributed by atoms with Crippen molar-refractivity contribution in [2.75, 3.05) is 18.9 Å². The molecule has 1 aromatic heterocycles. The zero-order chi connectivity index (χ0) is 12.1. The normalized spacial score (nSPS) is 10.2. The minimum Gasteiger partial charge on any atom is -0.491 e. The van der Waals surface area contributed by atoms with E-state index >= 15 is 0 Å². The van der Waals surface area contributed by atoms with Crippen molar-refractivity contribution < 1.29 is 9.84 Å². The fraction of sp³-hybridized carbons (Fsp3) is 0.167. The Labute approximate surface area is 98.9 Å². The van der Waals surface area contributed by atoms with Crippen LogP contribution in [0, 0.1) is 0 Å². The van der Waals surface area contributed by atoms with E-state index in [0.29, 0.717) is 12.4 Å². The van der Waals surface area contributed by atoms with Crippen molar-refractivity contribution in [2.24, 2.45) is 0 Å². The molecule has 5 nitrogen and oxygen atoms in total. The molecule has 17 heavy (non-hydrogen) atoms. The van der Waals surface area contributed by atoms with Crippen molar-refractivity contribution >= 4 is 5.95 Å². The first-order valence-corrected chi connectivity index (χ1v) is 5.22. The van der Waals surface area contributed by atoms with Crippen LogP contribution >= 0.6 is 0 Å². The van der Waals surface area contributed by atoms with Crippen LogP contribution in [0.4, 0.5) is 5.95 Å². The third kappa shape index (κ3) is 2.92. The molecule has 0 atom stereocenters. The number of hydrogen-bond acceptors (Lipinski definition) is 5. The van der Waals surface area contributed by atoms with Crippen molar-refractivity contribution in [3.05, 3.63) is 36.5 Å². The maximum Gasteiger partial charge on any atom is 0.220 e. The van der Waals surface area contributed by atoms with Gasteiger partial charge < -0.3 is 15.6 Å². The van der Waals surface area contributed by atoms with Crippen molar-refractivity contribution in [1.29, 1.82) is 0 Å². The summed E-state index contributed by atoms with van der Waals surface area (Å²) in [6, 6.07) is 9.20. The van der Waals surface area contributed by atoms with Gasteiger partial charge in [-0.3, -0.25) is 0 Å². The van der Waals surface area contributed by atoms with Crippen LogP contribution in [0.25, 0.3) is 11.3 Å². The summed E-state index contributed by atoms with van der Waals surface area (Å²) in [7, 11) is 0. The molecule has 2 rings (SSSR count). The van der Waals surface area contributed by atoms with Crippen LogP contribution in [0.15, 0.2) is 36.5 Å². The van der Waals surface area contributed by atoms with Gasteiger partial charge >= 0.3 is 0 Å². The maximum atomic E-state index is 8.63. The van der Waals surface area contributed by atoms with E-state index in [0.717, 1.165) is 11.3 Å². The molecule has 0 spiro atoms. The van der Waals surface area contributed by atoms with Crippen LogP contribution in [-0.4, -0.2) is 28.3 Å². The number of benzene rings is 1. The summed E-state index contributed by atoms with van der Waals surface area (Å²) < 4.78 is 5.26. The van der Waals surface area contributed by atoms with Gasteiger partial charge in [0.15, 0.2) is 0 Å². The number of nitrogens with two attached hydrogens (primary N) is 1. The van der Waals surface area contributed by atoms with Crippen molar-refractivity contribution in [1.82, 2.24) is 9.97 Å². The summed E-state index contributed by atoms with van der Waals surface area (Å²) in [5.41, 5.74) is 7.23. The number of nitrogen functional groups attached to an aromatic ring is 1. The van der Waals surface area contributed by atoms with Crippen molar-refractivity contribution in [2.45, 2.75) is 0 Å². The monoisotopic (exact) mass is 231 g/mol. The van der Waals surface area contributed by atoms with Gasteiger partial charge in [-0.25, -0.2) is 9.97 Å². The smallest absolute Gasteiger partial charge is 0.220 e. The van der Waals surface area contributed by atoms with Gasteiger partial charge in [0.05, 0.1) is 12.3 Å². The Kier molecular flexibility index (Phi) is 3.52. The van der Waals surface area contributed by atoms with Gasteiger partial charge in [-0.15, -0.1) is 0 Å². The van der Waals surface area contributed by atoms with Gasteiger partial charge in [0.1, 0.15) is 12.4 Å². The second-order valence-corrected chi connectivity index (χ2v) is 3.40. The Morgan fingerprint density at radius 1 is 1.18 bits per heavy atom. The zero-order valence-electron chi connectivity index (χ0n) is 9.21. The first kappa shape index (κ1) is 11.3. The lowest BCUT2D eigenvalue weighted by molar-refractivity contribution is 0.201. The number of aliphatic hydroxyl groups excluding tert-OH is 1. The van der Waals surface area contributed by atoms with Gasteiger partial charge in [0, 0.05) is 11.8 Å². The van der Waals surface area contributed by atoms with Crippen LogP contribution in [-0.2, 0) is 0 Å². The van der Waals surface area contributed by atoms with Crippen LogP contribution < -0.4 is 10.5 Å². The van der Waals surface area contributed by atoms with Gasteiger partial charge in [-0.2, -0.15) is 0 Å². The quantitative estimate of drug-likeness (QED) is 0.823. The Hall–Kier alpha value is -2.14. The topological polar surface area (TPSA) is 81.3 Å². The minimum absolute atomic E-state index is 0.00416. The van der Waals surface area contributed by atoms with E-state index < -0.39 is 0 Å². The number of rotatable bonds is 4. The van der Waals surface area contributed by atoms with Crippen LogP contribution in [0.2, 0.25) is 0 Å². The number of nitrogens with zero attached hydrogens (tertiary/aromatic N) is 2. The zero-order valence-corrected chi connectivity index (χ0v) is 9.21. The Morgan fingerprint density at radius 3 is 2.59 bits per heavy atom. The lowest BCUT2D eigenvalue weighted by Gasteiger charge is -2.05. The highest BCUT2D eigenvalue weighted by molar-refractivity contribution is 5.60. The highest BCUT2D eigenvalue weighted by atomic mass is 16.5. The van der Waals surface area contributed by atoms with E-state index in [1.165, 1.54) is 0 Å². The average Bonchev–Trinajstić information content (AvgIpc) is 2.37. The Bertz CT molecular complexity index is 485. The molecule has 0 aliphatic carbocycles. The number of anilines is 1. The summed E-state index contributed by atoms with van der Waals surface area (Å²) >= 11 is 0. The molecule has 0 saturated carbocycles. The average molecular weight is 231 g/mol. The highest BCUT2D eigenvalue weighted by Gasteiger charge is 2.00. The molecule has 5 heteroatoms. The standard InChI is InChI=1S/C12H13N3O2/c13-12-14-6-5-11(15-12)9-1-3-10(4-2-9)17-8-7-16/h1-6,16H,7-8H2,(H2,13,14,15). The lowest BCUT2D eigenvalue weighted by atomic mass is 10.1. The molecular weight excluding hydrogens is 218 g/mol. The van der Waals surface area contributed by atoms with Crippen molar-refractivity contribution in [3.63, 3.8) is 0 Å². The van der Waals surface area contributed by atoms with Gasteiger partial charge in [-0.05, 0) is 30.3 Å². The van der Waals surface area contributed by atoms with E-state index in [1.807, 2.05) is 24.3 Å². The largest absolute Gasteiger partial charge is 0.491 e. The first-order chi connectivity index (χ1) is 8.29. The number of ether oxygens (including phenoxy) is 1. The Morgan fingerprint density at radius 2 is 1.94 bits per heavy atom. The third-order valence-corrected chi connectivity index (χ3v) is 2.18. The molecule has 0 fully saturated rings.